The Morgan fingerprint density at radius 2 is 2.10 bits per heavy atom. The van der Waals surface area contributed by atoms with E-state index in [1.165, 1.54) is 0 Å². The molecule has 21 heavy (non-hydrogen) atoms. The number of likely N-dealkylation sites (N-methyl/N-ethyl adjacent to an activating group) is 1. The summed E-state index contributed by atoms with van der Waals surface area (Å²) >= 11 is 0. The van der Waals surface area contributed by atoms with E-state index >= 15 is 0 Å². The Kier molecular flexibility index (Phi) is 3.47. The number of nitrogens with two attached hydrogens (primary N) is 1. The number of benzodiazepines with no additional fused rings is 1. The van der Waals surface area contributed by atoms with Crippen LogP contribution in [-0.4, -0.2) is 24.8 Å². The molecule has 1 aromatic rings. The number of benzene rings is 1. The standard InChI is InChI=1S/C17H19N3O/c1-11-7-9-12(10-8-11)15-13-5-3-4-6-14(13)20(2)17(21)16(18)19-15/h3-7,9-11,16H,8,18H2,1-2H3/t11?,16-/m1/s1. The molecule has 1 heterocycles. The fraction of sp³-hybridized carbons (Fsp3) is 0.294. The minimum atomic E-state index is -0.856. The fourth-order valence-electron chi connectivity index (χ4n) is 2.68. The second-order valence-corrected chi connectivity index (χ2v) is 5.57. The molecule has 0 aromatic heterocycles. The molecule has 2 atom stereocenters. The molecule has 2 aliphatic rings. The van der Waals surface area contributed by atoms with Crippen molar-refractivity contribution in [2.24, 2.45) is 16.6 Å². The van der Waals surface area contributed by atoms with Crippen LogP contribution < -0.4 is 10.6 Å². The van der Waals surface area contributed by atoms with Gasteiger partial charge in [0, 0.05) is 12.6 Å². The van der Waals surface area contributed by atoms with E-state index in [0.717, 1.165) is 29.0 Å². The lowest BCUT2D eigenvalue weighted by Crippen LogP contribution is -2.39. The van der Waals surface area contributed by atoms with Gasteiger partial charge in [-0.1, -0.05) is 43.4 Å². The Morgan fingerprint density at radius 1 is 1.33 bits per heavy atom. The molecule has 1 amide bonds. The summed E-state index contributed by atoms with van der Waals surface area (Å²) in [6.45, 7) is 2.18. The minimum absolute atomic E-state index is 0.189. The molecule has 1 aromatic carbocycles. The van der Waals surface area contributed by atoms with Gasteiger partial charge in [0.15, 0.2) is 6.17 Å². The Morgan fingerprint density at radius 3 is 2.81 bits per heavy atom. The van der Waals surface area contributed by atoms with Crippen LogP contribution in [0, 0.1) is 5.92 Å². The predicted molar refractivity (Wildman–Crippen MR) is 85.4 cm³/mol. The number of carbonyl (C=O) groups is 1. The van der Waals surface area contributed by atoms with Crippen LogP contribution >= 0.6 is 0 Å². The second-order valence-electron chi connectivity index (χ2n) is 5.57. The molecule has 0 fully saturated rings. The smallest absolute Gasteiger partial charge is 0.266 e. The van der Waals surface area contributed by atoms with Gasteiger partial charge in [0.1, 0.15) is 0 Å². The van der Waals surface area contributed by atoms with E-state index in [2.05, 4.69) is 30.1 Å². The van der Waals surface area contributed by atoms with Gasteiger partial charge < -0.3 is 10.6 Å². The monoisotopic (exact) mass is 281 g/mol. The summed E-state index contributed by atoms with van der Waals surface area (Å²) in [4.78, 5) is 18.3. The predicted octanol–water partition coefficient (Wildman–Crippen LogP) is 2.26. The summed E-state index contributed by atoms with van der Waals surface area (Å²) in [5.41, 5.74) is 9.59. The number of nitrogens with zero attached hydrogens (tertiary/aromatic N) is 2. The maximum Gasteiger partial charge on any atom is 0.266 e. The number of rotatable bonds is 1. The van der Waals surface area contributed by atoms with Gasteiger partial charge in [0.2, 0.25) is 0 Å². The van der Waals surface area contributed by atoms with Crippen LogP contribution in [0.3, 0.4) is 0 Å². The molecule has 3 rings (SSSR count). The third kappa shape index (κ3) is 2.43. The first kappa shape index (κ1) is 13.8. The van der Waals surface area contributed by atoms with E-state index in [1.807, 2.05) is 24.3 Å². The summed E-state index contributed by atoms with van der Waals surface area (Å²) in [6, 6.07) is 7.79. The number of para-hydroxylation sites is 1. The highest BCUT2D eigenvalue weighted by Crippen LogP contribution is 2.28. The number of carbonyl (C=O) groups excluding carboxylic acids is 1. The molecule has 1 unspecified atom stereocenters. The zero-order chi connectivity index (χ0) is 15.0. The summed E-state index contributed by atoms with van der Waals surface area (Å²) in [5.74, 6) is 0.347. The third-order valence-electron chi connectivity index (χ3n) is 3.96. The highest BCUT2D eigenvalue weighted by molar-refractivity contribution is 6.21. The number of hydrogen-bond acceptors (Lipinski definition) is 3. The summed E-state index contributed by atoms with van der Waals surface area (Å²) in [5, 5.41) is 0. The Bertz CT molecular complexity index is 672. The number of hydrogen-bond donors (Lipinski definition) is 1. The Balaban J connectivity index is 2.14. The minimum Gasteiger partial charge on any atom is -0.312 e. The largest absolute Gasteiger partial charge is 0.312 e. The lowest BCUT2D eigenvalue weighted by molar-refractivity contribution is -0.119. The van der Waals surface area contributed by atoms with Gasteiger partial charge in [-0.2, -0.15) is 0 Å². The normalized spacial score (nSPS) is 25.1. The van der Waals surface area contributed by atoms with Gasteiger partial charge in [0.25, 0.3) is 5.91 Å². The number of anilines is 1. The van der Waals surface area contributed by atoms with Crippen molar-refractivity contribution in [3.05, 3.63) is 53.6 Å². The van der Waals surface area contributed by atoms with Gasteiger partial charge in [-0.25, -0.2) is 0 Å². The van der Waals surface area contributed by atoms with E-state index in [9.17, 15) is 4.79 Å². The number of aliphatic imine (C=N–C) groups is 1. The zero-order valence-electron chi connectivity index (χ0n) is 12.3. The molecular weight excluding hydrogens is 262 g/mol. The first-order chi connectivity index (χ1) is 10.1. The van der Waals surface area contributed by atoms with E-state index in [4.69, 9.17) is 5.73 Å². The molecule has 0 spiro atoms. The molecule has 4 nitrogen and oxygen atoms in total. The molecule has 1 aliphatic heterocycles. The summed E-state index contributed by atoms with van der Waals surface area (Å²) in [6.07, 6.45) is 6.54. The maximum atomic E-state index is 12.2. The van der Waals surface area contributed by atoms with E-state index < -0.39 is 6.17 Å². The van der Waals surface area contributed by atoms with Crippen LogP contribution in [0.1, 0.15) is 18.9 Å². The number of fused-ring (bicyclic) bond motifs is 1. The van der Waals surface area contributed by atoms with E-state index in [-0.39, 0.29) is 5.91 Å². The molecule has 1 aliphatic carbocycles. The van der Waals surface area contributed by atoms with Crippen LogP contribution in [-0.2, 0) is 4.79 Å². The third-order valence-corrected chi connectivity index (χ3v) is 3.96. The van der Waals surface area contributed by atoms with E-state index in [1.54, 1.807) is 11.9 Å². The van der Waals surface area contributed by atoms with Crippen LogP contribution in [0.15, 0.2) is 53.1 Å². The second kappa shape index (κ2) is 5.30. The van der Waals surface area contributed by atoms with Crippen LogP contribution in [0.4, 0.5) is 5.69 Å². The van der Waals surface area contributed by atoms with Gasteiger partial charge in [-0.05, 0) is 24.0 Å². The van der Waals surface area contributed by atoms with Crippen molar-refractivity contribution in [2.75, 3.05) is 11.9 Å². The lowest BCUT2D eigenvalue weighted by atomic mass is 9.92. The Labute approximate surface area is 124 Å². The number of allylic oxidation sites excluding steroid dienone is 4. The van der Waals surface area contributed by atoms with Crippen LogP contribution in [0.2, 0.25) is 0 Å². The van der Waals surface area contributed by atoms with Crippen molar-refractivity contribution in [3.8, 4) is 0 Å². The molecule has 0 saturated heterocycles. The van der Waals surface area contributed by atoms with Crippen LogP contribution in [0.5, 0.6) is 0 Å². The van der Waals surface area contributed by atoms with Crippen molar-refractivity contribution in [2.45, 2.75) is 19.5 Å². The summed E-state index contributed by atoms with van der Waals surface area (Å²) in [7, 11) is 1.74. The van der Waals surface area contributed by atoms with Crippen molar-refractivity contribution in [1.29, 1.82) is 0 Å². The molecule has 2 N–H and O–H groups in total. The van der Waals surface area contributed by atoms with Gasteiger partial charge in [0.05, 0.1) is 11.4 Å². The first-order valence-electron chi connectivity index (χ1n) is 7.17. The highest BCUT2D eigenvalue weighted by atomic mass is 16.2. The van der Waals surface area contributed by atoms with Crippen molar-refractivity contribution >= 4 is 17.3 Å². The molecule has 0 bridgehead atoms. The molecular formula is C17H19N3O. The number of amides is 1. The molecule has 0 radical (unpaired) electrons. The zero-order valence-corrected chi connectivity index (χ0v) is 12.3. The van der Waals surface area contributed by atoms with Gasteiger partial charge in [-0.15, -0.1) is 0 Å². The first-order valence-corrected chi connectivity index (χ1v) is 7.17. The summed E-state index contributed by atoms with van der Waals surface area (Å²) < 4.78 is 0. The average Bonchev–Trinajstić information content (AvgIpc) is 2.60. The average molecular weight is 281 g/mol. The SMILES string of the molecule is CC1C=CC(C2=N[C@@H](N)C(=O)N(C)c3ccccc32)=CC1. The van der Waals surface area contributed by atoms with Crippen molar-refractivity contribution < 1.29 is 4.79 Å². The van der Waals surface area contributed by atoms with Crippen LogP contribution in [0.25, 0.3) is 0 Å². The topological polar surface area (TPSA) is 58.7 Å². The molecule has 0 saturated carbocycles. The molecule has 4 heteroatoms. The van der Waals surface area contributed by atoms with Crippen molar-refractivity contribution in [3.63, 3.8) is 0 Å². The Hall–Kier alpha value is -2.20. The molecule has 108 valence electrons. The van der Waals surface area contributed by atoms with Gasteiger partial charge in [-0.3, -0.25) is 9.79 Å². The highest BCUT2D eigenvalue weighted by Gasteiger charge is 2.27. The van der Waals surface area contributed by atoms with Gasteiger partial charge >= 0.3 is 0 Å². The quantitative estimate of drug-likeness (QED) is 0.858. The maximum absolute atomic E-state index is 12.2. The van der Waals surface area contributed by atoms with Crippen molar-refractivity contribution in [1.82, 2.24) is 0 Å². The lowest BCUT2D eigenvalue weighted by Gasteiger charge is -2.19. The fourth-order valence-corrected chi connectivity index (χ4v) is 2.68. The van der Waals surface area contributed by atoms with E-state index in [0.29, 0.717) is 5.92 Å².